The summed E-state index contributed by atoms with van der Waals surface area (Å²) in [7, 11) is 0. The maximum Gasteiger partial charge on any atom is 0.234 e. The SMILES string of the molecule is N#Cc1nccc(NC2CC3(CCN(Cc4ccc(-n5c(-c6cccnc6N)nc6ccc(-c7ccccc7)nc65)cc4)CC3)C2)n1. The maximum atomic E-state index is 9.08. The Morgan fingerprint density at radius 2 is 1.66 bits per heavy atom. The normalized spacial score (nSPS) is 16.1. The molecule has 5 heterocycles. The molecule has 10 nitrogen and oxygen atoms in total. The highest BCUT2D eigenvalue weighted by atomic mass is 15.2. The molecule has 0 bridgehead atoms. The number of likely N-dealkylation sites (tertiary alicyclic amines) is 1. The van der Waals surface area contributed by atoms with Gasteiger partial charge < -0.3 is 11.1 Å². The molecule has 0 radical (unpaired) electrons. The van der Waals surface area contributed by atoms with Crippen molar-refractivity contribution < 1.29 is 0 Å². The van der Waals surface area contributed by atoms with Crippen LogP contribution in [0.3, 0.4) is 0 Å². The van der Waals surface area contributed by atoms with Gasteiger partial charge in [-0.25, -0.2) is 24.9 Å². The smallest absolute Gasteiger partial charge is 0.234 e. The number of rotatable bonds is 7. The van der Waals surface area contributed by atoms with Gasteiger partial charge in [-0.2, -0.15) is 5.26 Å². The van der Waals surface area contributed by atoms with Crippen LogP contribution in [0.15, 0.2) is 97.3 Å². The monoisotopic (exact) mass is 618 g/mol. The highest BCUT2D eigenvalue weighted by molar-refractivity contribution is 5.84. The quantitative estimate of drug-likeness (QED) is 0.213. The second kappa shape index (κ2) is 11.9. The van der Waals surface area contributed by atoms with Crippen molar-refractivity contribution in [3.8, 4) is 34.4 Å². The summed E-state index contributed by atoms with van der Waals surface area (Å²) in [5, 5.41) is 12.6. The molecule has 1 saturated carbocycles. The maximum absolute atomic E-state index is 9.08. The lowest BCUT2D eigenvalue weighted by atomic mass is 9.60. The average Bonchev–Trinajstić information content (AvgIpc) is 3.48. The van der Waals surface area contributed by atoms with Crippen molar-refractivity contribution in [3.05, 3.63) is 109 Å². The zero-order valence-electron chi connectivity index (χ0n) is 25.9. The highest BCUT2D eigenvalue weighted by Crippen LogP contribution is 2.50. The van der Waals surface area contributed by atoms with Crippen molar-refractivity contribution in [1.29, 1.82) is 5.26 Å². The molecular weight excluding hydrogens is 584 g/mol. The van der Waals surface area contributed by atoms with Crippen molar-refractivity contribution in [2.45, 2.75) is 38.3 Å². The van der Waals surface area contributed by atoms with Gasteiger partial charge in [0.15, 0.2) is 11.5 Å². The van der Waals surface area contributed by atoms with E-state index in [9.17, 15) is 0 Å². The Hall–Kier alpha value is -5.66. The van der Waals surface area contributed by atoms with Gasteiger partial charge >= 0.3 is 0 Å². The van der Waals surface area contributed by atoms with Gasteiger partial charge in [0.2, 0.25) is 5.82 Å². The fourth-order valence-corrected chi connectivity index (χ4v) is 7.15. The van der Waals surface area contributed by atoms with E-state index in [2.05, 4.69) is 66.1 Å². The number of anilines is 2. The van der Waals surface area contributed by atoms with Crippen molar-refractivity contribution in [3.63, 3.8) is 0 Å². The Kier molecular flexibility index (Phi) is 7.31. The third-order valence-electron chi connectivity index (χ3n) is 9.64. The molecular formula is C37H34N10. The molecule has 1 spiro atoms. The molecule has 3 N–H and O–H groups in total. The standard InChI is InChI=1S/C37H34N10/c38-23-33-40-18-14-32(45-33)42-27-21-37(22-27)15-19-46(20-16-37)24-25-8-10-28(11-9-25)47-35(29-7-4-17-41-34(29)39)44-31-13-12-30(43-36(31)47)26-5-2-1-3-6-26/h1-14,17-18,27H,15-16,19-22,24H2,(H2,39,41)(H,40,42,45). The largest absolute Gasteiger partial charge is 0.383 e. The minimum atomic E-state index is 0.205. The Morgan fingerprint density at radius 3 is 2.43 bits per heavy atom. The molecule has 0 amide bonds. The second-order valence-electron chi connectivity index (χ2n) is 12.7. The Bertz CT molecular complexity index is 2080. The van der Waals surface area contributed by atoms with Crippen molar-refractivity contribution in [1.82, 2.24) is 34.4 Å². The van der Waals surface area contributed by atoms with Gasteiger partial charge in [0.25, 0.3) is 0 Å². The molecule has 0 atom stereocenters. The first-order chi connectivity index (χ1) is 23.1. The van der Waals surface area contributed by atoms with Gasteiger partial charge in [0.1, 0.15) is 23.2 Å². The summed E-state index contributed by atoms with van der Waals surface area (Å²) in [6, 6.07) is 31.1. The summed E-state index contributed by atoms with van der Waals surface area (Å²) in [5.41, 5.74) is 13.3. The van der Waals surface area contributed by atoms with Crippen molar-refractivity contribution in [2.24, 2.45) is 5.41 Å². The van der Waals surface area contributed by atoms with Crippen LogP contribution in [0, 0.1) is 16.7 Å². The molecule has 2 fully saturated rings. The molecule has 2 aliphatic rings. The van der Waals surface area contributed by atoms with E-state index < -0.39 is 0 Å². The molecule has 4 aromatic heterocycles. The van der Waals surface area contributed by atoms with Crippen molar-refractivity contribution >= 4 is 22.8 Å². The predicted molar refractivity (Wildman–Crippen MR) is 182 cm³/mol. The molecule has 47 heavy (non-hydrogen) atoms. The third-order valence-corrected chi connectivity index (χ3v) is 9.64. The number of nitrogens with two attached hydrogens (primary N) is 1. The Morgan fingerprint density at radius 1 is 0.851 bits per heavy atom. The van der Waals surface area contributed by atoms with Crippen LogP contribution in [0.2, 0.25) is 0 Å². The van der Waals surface area contributed by atoms with Crippen LogP contribution in [0.1, 0.15) is 37.1 Å². The topological polar surface area (TPSA) is 134 Å². The number of nitrogen functional groups attached to an aromatic ring is 1. The fourth-order valence-electron chi connectivity index (χ4n) is 7.15. The number of hydrogen-bond donors (Lipinski definition) is 2. The average molecular weight is 619 g/mol. The number of nitrogens with zero attached hydrogens (tertiary/aromatic N) is 8. The van der Waals surface area contributed by atoms with Crippen molar-refractivity contribution in [2.75, 3.05) is 24.1 Å². The number of piperidine rings is 1. The molecule has 6 aromatic rings. The molecule has 232 valence electrons. The van der Waals surface area contributed by atoms with E-state index in [0.717, 1.165) is 77.8 Å². The minimum absolute atomic E-state index is 0.205. The summed E-state index contributed by atoms with van der Waals surface area (Å²) >= 11 is 0. The number of nitrogens with one attached hydrogen (secondary N) is 1. The lowest BCUT2D eigenvalue weighted by molar-refractivity contribution is 0.0210. The molecule has 8 rings (SSSR count). The van der Waals surface area contributed by atoms with Crippen LogP contribution in [-0.2, 0) is 6.54 Å². The first kappa shape index (κ1) is 28.8. The number of aromatic nitrogens is 6. The molecule has 1 aliphatic carbocycles. The van der Waals surface area contributed by atoms with E-state index in [0.29, 0.717) is 17.3 Å². The third kappa shape index (κ3) is 5.66. The Labute approximate surface area is 273 Å². The van der Waals surface area contributed by atoms with Gasteiger partial charge in [-0.05, 0) is 92.2 Å². The highest BCUT2D eigenvalue weighted by Gasteiger charge is 2.45. The number of imidazole rings is 1. The van der Waals surface area contributed by atoms with E-state index in [1.165, 1.54) is 18.4 Å². The van der Waals surface area contributed by atoms with Gasteiger partial charge in [0, 0.05) is 36.2 Å². The fraction of sp³-hybridized carbons (Fsp3) is 0.243. The van der Waals surface area contributed by atoms with E-state index >= 15 is 0 Å². The number of hydrogen-bond acceptors (Lipinski definition) is 9. The molecule has 0 unspecified atom stereocenters. The van der Waals surface area contributed by atoms with Crippen LogP contribution >= 0.6 is 0 Å². The minimum Gasteiger partial charge on any atom is -0.383 e. The Balaban J connectivity index is 0.983. The van der Waals surface area contributed by atoms with Crippen LogP contribution in [0.5, 0.6) is 0 Å². The van der Waals surface area contributed by atoms with Gasteiger partial charge in [-0.1, -0.05) is 42.5 Å². The number of pyridine rings is 2. The zero-order valence-corrected chi connectivity index (χ0v) is 25.9. The van der Waals surface area contributed by atoms with Gasteiger partial charge in [0.05, 0.1) is 11.3 Å². The lowest BCUT2D eigenvalue weighted by Crippen LogP contribution is -2.51. The van der Waals surface area contributed by atoms with E-state index in [4.69, 9.17) is 21.0 Å². The van der Waals surface area contributed by atoms with E-state index in [1.807, 2.05) is 54.6 Å². The lowest BCUT2D eigenvalue weighted by Gasteiger charge is -2.52. The van der Waals surface area contributed by atoms with Crippen LogP contribution < -0.4 is 11.1 Å². The van der Waals surface area contributed by atoms with Gasteiger partial charge in [-0.3, -0.25) is 9.47 Å². The van der Waals surface area contributed by atoms with Gasteiger partial charge in [-0.15, -0.1) is 0 Å². The second-order valence-corrected chi connectivity index (χ2v) is 12.7. The summed E-state index contributed by atoms with van der Waals surface area (Å²) in [5.74, 6) is 2.10. The van der Waals surface area contributed by atoms with Crippen LogP contribution in [0.25, 0.3) is 39.5 Å². The molecule has 2 aromatic carbocycles. The number of nitriles is 1. The summed E-state index contributed by atoms with van der Waals surface area (Å²) in [6.07, 6.45) is 8.01. The summed E-state index contributed by atoms with van der Waals surface area (Å²) < 4.78 is 2.09. The zero-order chi connectivity index (χ0) is 31.8. The van der Waals surface area contributed by atoms with Crippen LogP contribution in [-0.4, -0.2) is 53.5 Å². The predicted octanol–water partition coefficient (Wildman–Crippen LogP) is 6.25. The molecule has 10 heteroatoms. The first-order valence-corrected chi connectivity index (χ1v) is 16.0. The summed E-state index contributed by atoms with van der Waals surface area (Å²) in [4.78, 5) is 25.2. The number of fused-ring (bicyclic) bond motifs is 1. The van der Waals surface area contributed by atoms with Crippen LogP contribution in [0.4, 0.5) is 11.6 Å². The van der Waals surface area contributed by atoms with E-state index in [1.54, 1.807) is 12.4 Å². The summed E-state index contributed by atoms with van der Waals surface area (Å²) in [6.45, 7) is 3.09. The first-order valence-electron chi connectivity index (χ1n) is 16.0. The number of benzene rings is 2. The van der Waals surface area contributed by atoms with E-state index in [-0.39, 0.29) is 5.82 Å². The molecule has 1 aliphatic heterocycles. The molecule has 1 saturated heterocycles.